The van der Waals surface area contributed by atoms with Crippen LogP contribution in [0.2, 0.25) is 0 Å². The number of rotatable bonds is 9. The van der Waals surface area contributed by atoms with Gasteiger partial charge in [0.2, 0.25) is 0 Å². The number of aliphatic hydroxyl groups excluding tert-OH is 1. The number of allylic oxidation sites excluding steroid dienone is 11. The Kier molecular flexibility index (Phi) is 7.14. The molecule has 0 spiro atoms. The summed E-state index contributed by atoms with van der Waals surface area (Å²) in [4.78, 5) is 2.48. The van der Waals surface area contributed by atoms with Crippen LogP contribution in [0.3, 0.4) is 0 Å². The molecule has 3 nitrogen and oxygen atoms in total. The molecule has 39 heavy (non-hydrogen) atoms. The van der Waals surface area contributed by atoms with Gasteiger partial charge in [0.25, 0.3) is 0 Å². The maximum atomic E-state index is 9.20. The predicted molar refractivity (Wildman–Crippen MR) is 163 cm³/mol. The Morgan fingerprint density at radius 2 is 1.92 bits per heavy atom. The molecule has 0 saturated heterocycles. The molecule has 0 radical (unpaired) electrons. The Morgan fingerprint density at radius 1 is 1.05 bits per heavy atom. The van der Waals surface area contributed by atoms with Crippen molar-refractivity contribution in [2.75, 3.05) is 24.6 Å². The van der Waals surface area contributed by atoms with Crippen LogP contribution in [0, 0.1) is 11.3 Å². The lowest BCUT2D eigenvalue weighted by atomic mass is 9.69. The normalized spacial score (nSPS) is 27.5. The smallest absolute Gasteiger partial charge is 0.192 e. The van der Waals surface area contributed by atoms with Gasteiger partial charge in [0.1, 0.15) is 6.54 Å². The first-order valence-corrected chi connectivity index (χ1v) is 15.2. The van der Waals surface area contributed by atoms with Crippen molar-refractivity contribution in [1.29, 1.82) is 0 Å². The van der Waals surface area contributed by atoms with E-state index < -0.39 is 0 Å². The number of benzene rings is 1. The molecule has 204 valence electrons. The Labute approximate surface area is 235 Å². The van der Waals surface area contributed by atoms with Gasteiger partial charge < -0.3 is 10.0 Å². The number of nitrogens with zero attached hydrogens (tertiary/aromatic N) is 2. The summed E-state index contributed by atoms with van der Waals surface area (Å²) in [6.45, 7) is 9.78. The summed E-state index contributed by atoms with van der Waals surface area (Å²) in [5, 5.41) is 9.20. The average Bonchev–Trinajstić information content (AvgIpc) is 3.45. The molecule has 0 bridgehead atoms. The highest BCUT2D eigenvalue weighted by molar-refractivity contribution is 6.03. The van der Waals surface area contributed by atoms with Crippen molar-refractivity contribution in [2.45, 2.75) is 77.6 Å². The number of aliphatic hydroxyl groups is 1. The first kappa shape index (κ1) is 26.3. The van der Waals surface area contributed by atoms with E-state index in [4.69, 9.17) is 0 Å². The molecule has 0 saturated carbocycles. The molecule has 1 aliphatic carbocycles. The predicted octanol–water partition coefficient (Wildman–Crippen LogP) is 7.54. The number of para-hydroxylation sites is 1. The van der Waals surface area contributed by atoms with E-state index in [1.165, 1.54) is 53.8 Å². The van der Waals surface area contributed by atoms with E-state index in [0.717, 1.165) is 38.8 Å². The minimum atomic E-state index is 0.0108. The fourth-order valence-electron chi connectivity index (χ4n) is 7.75. The zero-order chi connectivity index (χ0) is 27.0. The summed E-state index contributed by atoms with van der Waals surface area (Å²) >= 11 is 0. The highest BCUT2D eigenvalue weighted by atomic mass is 16.2. The van der Waals surface area contributed by atoms with Gasteiger partial charge in [0.05, 0.1) is 11.3 Å². The summed E-state index contributed by atoms with van der Waals surface area (Å²) in [7, 11) is 0. The third kappa shape index (κ3) is 4.53. The highest BCUT2D eigenvalue weighted by Gasteiger charge is 2.53. The fraction of sp³-hybridized carbons (Fsp3) is 0.472. The van der Waals surface area contributed by atoms with E-state index in [1.807, 2.05) is 0 Å². The van der Waals surface area contributed by atoms with Crippen LogP contribution in [0.15, 0.2) is 89.9 Å². The van der Waals surface area contributed by atoms with Crippen molar-refractivity contribution in [1.82, 2.24) is 0 Å². The molecule has 0 fully saturated rings. The first-order chi connectivity index (χ1) is 18.9. The minimum Gasteiger partial charge on any atom is -0.396 e. The highest BCUT2D eigenvalue weighted by Crippen LogP contribution is 2.50. The molecule has 2 atom stereocenters. The second kappa shape index (κ2) is 10.6. The van der Waals surface area contributed by atoms with Crippen molar-refractivity contribution in [3.63, 3.8) is 0 Å². The van der Waals surface area contributed by atoms with Gasteiger partial charge in [0.15, 0.2) is 11.4 Å². The molecule has 2 unspecified atom stereocenters. The molecule has 0 aromatic heterocycles. The molecule has 3 heteroatoms. The van der Waals surface area contributed by atoms with Crippen LogP contribution in [0.5, 0.6) is 0 Å². The zero-order valence-corrected chi connectivity index (χ0v) is 24.1. The monoisotopic (exact) mass is 521 g/mol. The number of unbranched alkanes of at least 4 members (excludes halogenated alkanes) is 3. The molecular weight excluding hydrogens is 476 g/mol. The first-order valence-electron chi connectivity index (χ1n) is 15.2. The van der Waals surface area contributed by atoms with Crippen molar-refractivity contribution in [3.8, 4) is 0 Å². The largest absolute Gasteiger partial charge is 0.396 e. The van der Waals surface area contributed by atoms with Gasteiger partial charge >= 0.3 is 0 Å². The molecule has 1 aromatic carbocycles. The lowest BCUT2D eigenvalue weighted by Crippen LogP contribution is -2.32. The van der Waals surface area contributed by atoms with Crippen LogP contribution in [-0.2, 0) is 11.8 Å². The number of hydrogen-bond acceptors (Lipinski definition) is 2. The van der Waals surface area contributed by atoms with Crippen LogP contribution < -0.4 is 4.90 Å². The van der Waals surface area contributed by atoms with E-state index in [9.17, 15) is 5.11 Å². The topological polar surface area (TPSA) is 26.5 Å². The lowest BCUT2D eigenvalue weighted by molar-refractivity contribution is -0.482. The Balaban J connectivity index is 1.24. The quantitative estimate of drug-likeness (QED) is 0.206. The van der Waals surface area contributed by atoms with Gasteiger partial charge in [0, 0.05) is 48.5 Å². The van der Waals surface area contributed by atoms with Crippen LogP contribution in [0.25, 0.3) is 0 Å². The van der Waals surface area contributed by atoms with Gasteiger partial charge in [-0.05, 0) is 56.2 Å². The van der Waals surface area contributed by atoms with Crippen LogP contribution in [-0.4, -0.2) is 35.1 Å². The van der Waals surface area contributed by atoms with Gasteiger partial charge in [-0.15, -0.1) is 0 Å². The second-order valence-corrected chi connectivity index (χ2v) is 12.8. The molecule has 5 aliphatic rings. The van der Waals surface area contributed by atoms with E-state index >= 15 is 0 Å². The summed E-state index contributed by atoms with van der Waals surface area (Å²) in [5.41, 5.74) is 10.5. The van der Waals surface area contributed by atoms with Crippen molar-refractivity contribution in [3.05, 3.63) is 101 Å². The van der Waals surface area contributed by atoms with Crippen LogP contribution in [0.1, 0.15) is 76.8 Å². The lowest BCUT2D eigenvalue weighted by Gasteiger charge is -2.40. The molecule has 4 heterocycles. The Morgan fingerprint density at radius 3 is 2.79 bits per heavy atom. The summed E-state index contributed by atoms with van der Waals surface area (Å²) in [5.74, 6) is 0.490. The standard InChI is InChI=1S/C36H45N2O/c1-35(2)30-18-11-14-27-16-13-23-38(34(27)30)32(35)20-8-6-7-17-29-26-37-24-21-28-15-12-19-31(33(28)37)36(29,3)22-9-4-5-10-25-39/h6-8,11-12,14-15,17-20,26,30,39H,4-5,9-10,13,16,21-25H2,1-3H3/q+1. The molecule has 4 aliphatic heterocycles. The molecule has 1 N–H and O–H groups in total. The summed E-state index contributed by atoms with van der Waals surface area (Å²) in [6.07, 6.45) is 30.0. The third-order valence-corrected chi connectivity index (χ3v) is 9.96. The molecule has 1 aromatic rings. The average molecular weight is 522 g/mol. The summed E-state index contributed by atoms with van der Waals surface area (Å²) in [6, 6.07) is 6.93. The number of anilines is 1. The zero-order valence-electron chi connectivity index (χ0n) is 24.1. The van der Waals surface area contributed by atoms with Crippen LogP contribution in [0.4, 0.5) is 5.69 Å². The number of hydrogen-bond donors (Lipinski definition) is 1. The third-order valence-electron chi connectivity index (χ3n) is 9.96. The van der Waals surface area contributed by atoms with Gasteiger partial charge in [-0.3, -0.25) is 0 Å². The maximum absolute atomic E-state index is 9.20. The SMILES string of the molecule is CC1(CCCCCCO)C(C=CC=CC=C2[N+]3=C4C(=CC=CC4C2(C)C)CCC3)=CN2CCc3cccc1c32. The van der Waals surface area contributed by atoms with E-state index in [0.29, 0.717) is 12.5 Å². The van der Waals surface area contributed by atoms with Crippen molar-refractivity contribution < 1.29 is 9.68 Å². The summed E-state index contributed by atoms with van der Waals surface area (Å²) < 4.78 is 2.61. The van der Waals surface area contributed by atoms with Crippen molar-refractivity contribution >= 4 is 11.4 Å². The van der Waals surface area contributed by atoms with Gasteiger partial charge in [-0.2, -0.15) is 4.58 Å². The second-order valence-electron chi connectivity index (χ2n) is 12.8. The molecular formula is C36H45N2O+. The Bertz CT molecular complexity index is 1350. The fourth-order valence-corrected chi connectivity index (χ4v) is 7.75. The van der Waals surface area contributed by atoms with E-state index in [2.05, 4.69) is 103 Å². The van der Waals surface area contributed by atoms with Gasteiger partial charge in [-0.1, -0.05) is 86.9 Å². The Hall–Kier alpha value is -2.91. The van der Waals surface area contributed by atoms with Crippen molar-refractivity contribution in [2.24, 2.45) is 11.3 Å². The van der Waals surface area contributed by atoms with Crippen LogP contribution >= 0.6 is 0 Å². The molecule has 0 amide bonds. The van der Waals surface area contributed by atoms with E-state index in [1.54, 1.807) is 11.3 Å². The minimum absolute atomic E-state index is 0.0108. The molecule has 6 rings (SSSR count). The maximum Gasteiger partial charge on any atom is 0.192 e. The van der Waals surface area contributed by atoms with E-state index in [-0.39, 0.29) is 10.8 Å². The van der Waals surface area contributed by atoms with Gasteiger partial charge in [-0.25, -0.2) is 0 Å².